The van der Waals surface area contributed by atoms with E-state index in [-0.39, 0.29) is 6.61 Å². The van der Waals surface area contributed by atoms with Gasteiger partial charge in [-0.15, -0.1) is 0 Å². The minimum absolute atomic E-state index is 0.107. The Morgan fingerprint density at radius 1 is 0.636 bits per heavy atom. The van der Waals surface area contributed by atoms with Crippen LogP contribution in [0.25, 0.3) is 11.1 Å². The van der Waals surface area contributed by atoms with Gasteiger partial charge in [0, 0.05) is 13.2 Å². The molecule has 0 radical (unpaired) electrons. The van der Waals surface area contributed by atoms with E-state index in [1.54, 1.807) is 0 Å². The van der Waals surface area contributed by atoms with Crippen LogP contribution in [-0.4, -0.2) is 32.6 Å². The number of unbranched alkanes of at least 4 members (excludes halogenated alkanes) is 7. The molecule has 0 heterocycles. The van der Waals surface area contributed by atoms with Crippen LogP contribution < -0.4 is 9.47 Å². The van der Waals surface area contributed by atoms with Crippen molar-refractivity contribution in [2.24, 2.45) is 0 Å². The molecule has 0 amide bonds. The zero-order chi connectivity index (χ0) is 23.6. The fraction of sp³-hybridized carbons (Fsp3) is 0.586. The summed E-state index contributed by atoms with van der Waals surface area (Å²) in [6.45, 7) is 6.63. The lowest BCUT2D eigenvalue weighted by molar-refractivity contribution is 0.140. The van der Waals surface area contributed by atoms with Crippen LogP contribution in [0, 0.1) is 0 Å². The summed E-state index contributed by atoms with van der Waals surface area (Å²) in [6.07, 6.45) is 10.1. The third-order valence-electron chi connectivity index (χ3n) is 5.75. The Balaban J connectivity index is 1.65. The van der Waals surface area contributed by atoms with Crippen molar-refractivity contribution in [1.82, 2.24) is 0 Å². The molecule has 184 valence electrons. The van der Waals surface area contributed by atoms with Crippen molar-refractivity contribution < 1.29 is 18.6 Å². The molecular formula is C29H43FO3. The summed E-state index contributed by atoms with van der Waals surface area (Å²) in [5, 5.41) is 0. The number of hydrogen-bond acceptors (Lipinski definition) is 3. The van der Waals surface area contributed by atoms with Crippen LogP contribution in [0.4, 0.5) is 4.39 Å². The molecule has 0 bridgehead atoms. The lowest BCUT2D eigenvalue weighted by Crippen LogP contribution is -2.12. The Bertz CT molecular complexity index is 715. The quantitative estimate of drug-likeness (QED) is 0.198. The first-order valence-corrected chi connectivity index (χ1v) is 12.9. The highest BCUT2D eigenvalue weighted by Gasteiger charge is 2.08. The molecule has 0 aromatic heterocycles. The smallest absolute Gasteiger partial charge is 0.134 e. The van der Waals surface area contributed by atoms with E-state index >= 15 is 0 Å². The molecule has 4 heteroatoms. The van der Waals surface area contributed by atoms with Gasteiger partial charge in [0.2, 0.25) is 0 Å². The summed E-state index contributed by atoms with van der Waals surface area (Å²) < 4.78 is 30.9. The van der Waals surface area contributed by atoms with Gasteiger partial charge in [-0.05, 0) is 61.6 Å². The van der Waals surface area contributed by atoms with Gasteiger partial charge in [0.05, 0.1) is 6.61 Å². The molecule has 1 atom stereocenters. The first-order chi connectivity index (χ1) is 16.2. The molecule has 0 N–H and O–H groups in total. The Hall–Kier alpha value is -2.07. The maximum atomic E-state index is 14.1. The number of benzene rings is 2. The zero-order valence-corrected chi connectivity index (χ0v) is 20.7. The van der Waals surface area contributed by atoms with E-state index in [1.165, 1.54) is 32.1 Å². The van der Waals surface area contributed by atoms with Crippen molar-refractivity contribution in [1.29, 1.82) is 0 Å². The van der Waals surface area contributed by atoms with Crippen molar-refractivity contribution in [3.05, 3.63) is 48.5 Å². The highest BCUT2D eigenvalue weighted by Crippen LogP contribution is 2.25. The molecule has 0 aliphatic heterocycles. The molecule has 2 rings (SSSR count). The summed E-state index contributed by atoms with van der Waals surface area (Å²) in [4.78, 5) is 0. The SMILES string of the molecule is CCCCCCCCOc1ccc(-c2ccc(OCC(F)CCCCCOCC)cc2)cc1. The molecular weight excluding hydrogens is 415 g/mol. The second-order valence-corrected chi connectivity index (χ2v) is 8.62. The van der Waals surface area contributed by atoms with Crippen LogP contribution >= 0.6 is 0 Å². The van der Waals surface area contributed by atoms with Crippen molar-refractivity contribution in [2.45, 2.75) is 84.2 Å². The molecule has 0 saturated carbocycles. The Labute approximate surface area is 200 Å². The average Bonchev–Trinajstić information content (AvgIpc) is 2.85. The van der Waals surface area contributed by atoms with Gasteiger partial charge in [0.1, 0.15) is 24.3 Å². The Kier molecular flexibility index (Phi) is 14.3. The van der Waals surface area contributed by atoms with Gasteiger partial charge in [-0.2, -0.15) is 0 Å². The molecule has 33 heavy (non-hydrogen) atoms. The molecule has 2 aromatic carbocycles. The van der Waals surface area contributed by atoms with Crippen molar-refractivity contribution >= 4 is 0 Å². The predicted octanol–water partition coefficient (Wildman–Crippen LogP) is 8.41. The topological polar surface area (TPSA) is 27.7 Å². The van der Waals surface area contributed by atoms with E-state index in [0.29, 0.717) is 12.2 Å². The lowest BCUT2D eigenvalue weighted by Gasteiger charge is -2.11. The Morgan fingerprint density at radius 3 is 1.82 bits per heavy atom. The van der Waals surface area contributed by atoms with Crippen LogP contribution in [-0.2, 0) is 4.74 Å². The van der Waals surface area contributed by atoms with Crippen LogP contribution in [0.3, 0.4) is 0 Å². The predicted molar refractivity (Wildman–Crippen MR) is 136 cm³/mol. The molecule has 0 spiro atoms. The van der Waals surface area contributed by atoms with Gasteiger partial charge in [-0.25, -0.2) is 4.39 Å². The van der Waals surface area contributed by atoms with E-state index < -0.39 is 6.17 Å². The fourth-order valence-corrected chi connectivity index (χ4v) is 3.72. The Morgan fingerprint density at radius 2 is 1.18 bits per heavy atom. The second-order valence-electron chi connectivity index (χ2n) is 8.62. The number of rotatable bonds is 19. The normalized spacial score (nSPS) is 12.0. The van der Waals surface area contributed by atoms with E-state index in [4.69, 9.17) is 14.2 Å². The van der Waals surface area contributed by atoms with Crippen molar-refractivity contribution in [2.75, 3.05) is 26.4 Å². The van der Waals surface area contributed by atoms with E-state index in [0.717, 1.165) is 62.4 Å². The summed E-state index contributed by atoms with van der Waals surface area (Å²) in [7, 11) is 0. The van der Waals surface area contributed by atoms with Gasteiger partial charge in [-0.1, -0.05) is 76.1 Å². The van der Waals surface area contributed by atoms with Crippen LogP contribution in [0.5, 0.6) is 11.5 Å². The van der Waals surface area contributed by atoms with Crippen LogP contribution in [0.2, 0.25) is 0 Å². The highest BCUT2D eigenvalue weighted by molar-refractivity contribution is 5.64. The highest BCUT2D eigenvalue weighted by atomic mass is 19.1. The molecule has 0 saturated heterocycles. The van der Waals surface area contributed by atoms with E-state index in [1.807, 2.05) is 43.3 Å². The molecule has 2 aromatic rings. The maximum absolute atomic E-state index is 14.1. The van der Waals surface area contributed by atoms with E-state index in [9.17, 15) is 4.39 Å². The zero-order valence-electron chi connectivity index (χ0n) is 20.7. The number of hydrogen-bond donors (Lipinski definition) is 0. The number of ether oxygens (including phenoxy) is 3. The van der Waals surface area contributed by atoms with Gasteiger partial charge >= 0.3 is 0 Å². The summed E-state index contributed by atoms with van der Waals surface area (Å²) >= 11 is 0. The minimum atomic E-state index is -0.930. The van der Waals surface area contributed by atoms with Crippen LogP contribution in [0.15, 0.2) is 48.5 Å². The third-order valence-corrected chi connectivity index (χ3v) is 5.75. The monoisotopic (exact) mass is 458 g/mol. The first kappa shape index (κ1) is 27.2. The molecule has 1 unspecified atom stereocenters. The summed E-state index contributed by atoms with van der Waals surface area (Å²) in [6, 6.07) is 16.1. The van der Waals surface area contributed by atoms with Crippen LogP contribution in [0.1, 0.15) is 78.1 Å². The second kappa shape index (κ2) is 17.4. The largest absolute Gasteiger partial charge is 0.494 e. The molecule has 0 aliphatic rings. The number of alkyl halides is 1. The van der Waals surface area contributed by atoms with Crippen molar-refractivity contribution in [3.63, 3.8) is 0 Å². The molecule has 3 nitrogen and oxygen atoms in total. The average molecular weight is 459 g/mol. The maximum Gasteiger partial charge on any atom is 0.134 e. The first-order valence-electron chi connectivity index (χ1n) is 12.9. The summed E-state index contributed by atoms with van der Waals surface area (Å²) in [5.74, 6) is 1.62. The van der Waals surface area contributed by atoms with Gasteiger partial charge < -0.3 is 14.2 Å². The van der Waals surface area contributed by atoms with E-state index in [2.05, 4.69) is 19.1 Å². The fourth-order valence-electron chi connectivity index (χ4n) is 3.72. The summed E-state index contributed by atoms with van der Waals surface area (Å²) in [5.41, 5.74) is 2.24. The van der Waals surface area contributed by atoms with Crippen molar-refractivity contribution in [3.8, 4) is 22.6 Å². The molecule has 0 fully saturated rings. The molecule has 0 aliphatic carbocycles. The van der Waals surface area contributed by atoms with Gasteiger partial charge in [-0.3, -0.25) is 0 Å². The van der Waals surface area contributed by atoms with Gasteiger partial charge in [0.15, 0.2) is 0 Å². The minimum Gasteiger partial charge on any atom is -0.494 e. The lowest BCUT2D eigenvalue weighted by atomic mass is 10.1. The standard InChI is InChI=1S/C29H43FO3/c1-3-5-6-7-8-12-23-32-28-18-14-25(15-19-28)26-16-20-29(21-17-26)33-24-27(30)13-10-9-11-22-31-4-2/h14-21,27H,3-13,22-24H2,1-2H3. The number of halogens is 1. The van der Waals surface area contributed by atoms with Gasteiger partial charge in [0.25, 0.3) is 0 Å². The third kappa shape index (κ3) is 12.1.